The molecule has 2 aliphatic heterocycles. The molecule has 0 aliphatic carbocycles. The lowest BCUT2D eigenvalue weighted by Gasteiger charge is -2.39. The lowest BCUT2D eigenvalue weighted by molar-refractivity contribution is -0.384. The van der Waals surface area contributed by atoms with Crippen molar-refractivity contribution in [2.75, 3.05) is 30.5 Å². The monoisotopic (exact) mass is 444 g/mol. The number of rotatable bonds is 5. The summed E-state index contributed by atoms with van der Waals surface area (Å²) in [5.74, 6) is 0. The Morgan fingerprint density at radius 1 is 0.844 bits per heavy atom. The summed E-state index contributed by atoms with van der Waals surface area (Å²) in [6, 6.07) is 27.8. The van der Waals surface area contributed by atoms with Gasteiger partial charge in [0, 0.05) is 42.7 Å². The zero-order chi connectivity index (χ0) is 21.9. The predicted octanol–water partition coefficient (Wildman–Crippen LogP) is 4.86. The van der Waals surface area contributed by atoms with E-state index in [1.165, 1.54) is 5.57 Å². The van der Waals surface area contributed by atoms with E-state index in [0.29, 0.717) is 5.69 Å². The average Bonchev–Trinajstić information content (AvgIpc) is 3.26. The SMILES string of the molecule is O=[N+]([O-])c1ccccc1N1SC(c2ccccc2)=C(c2ccccc2)C1N1CCNCC1. The van der Waals surface area contributed by atoms with Gasteiger partial charge in [-0.05, 0) is 29.1 Å². The van der Waals surface area contributed by atoms with Gasteiger partial charge in [0.25, 0.3) is 5.69 Å². The third kappa shape index (κ3) is 3.90. The van der Waals surface area contributed by atoms with Crippen LogP contribution in [-0.4, -0.2) is 42.2 Å². The summed E-state index contributed by atoms with van der Waals surface area (Å²) < 4.78 is 2.13. The zero-order valence-corrected chi connectivity index (χ0v) is 18.4. The maximum atomic E-state index is 11.9. The topological polar surface area (TPSA) is 61.7 Å². The van der Waals surface area contributed by atoms with Gasteiger partial charge in [0.05, 0.1) is 4.92 Å². The number of nitrogens with zero attached hydrogens (tertiary/aromatic N) is 3. The van der Waals surface area contributed by atoms with Gasteiger partial charge in [-0.1, -0.05) is 72.8 Å². The lowest BCUT2D eigenvalue weighted by atomic mass is 9.98. The van der Waals surface area contributed by atoms with Gasteiger partial charge < -0.3 is 5.32 Å². The van der Waals surface area contributed by atoms with E-state index in [1.807, 2.05) is 36.4 Å². The normalized spacial score (nSPS) is 19.4. The fourth-order valence-corrected chi connectivity index (χ4v) is 5.72. The van der Waals surface area contributed by atoms with Crippen LogP contribution in [-0.2, 0) is 0 Å². The van der Waals surface area contributed by atoms with Crippen LogP contribution in [0.5, 0.6) is 0 Å². The summed E-state index contributed by atoms with van der Waals surface area (Å²) in [4.78, 5) is 15.2. The van der Waals surface area contributed by atoms with E-state index in [9.17, 15) is 10.1 Å². The summed E-state index contributed by atoms with van der Waals surface area (Å²) in [5, 5.41) is 15.3. The maximum absolute atomic E-state index is 11.9. The number of anilines is 1. The summed E-state index contributed by atoms with van der Waals surface area (Å²) in [6.07, 6.45) is -0.110. The van der Waals surface area contributed by atoms with E-state index < -0.39 is 0 Å². The number of para-hydroxylation sites is 2. The third-order valence-electron chi connectivity index (χ3n) is 5.85. The highest BCUT2D eigenvalue weighted by Crippen LogP contribution is 2.52. The van der Waals surface area contributed by atoms with Gasteiger partial charge in [-0.15, -0.1) is 0 Å². The number of hydrogen-bond donors (Lipinski definition) is 1. The highest BCUT2D eigenvalue weighted by Gasteiger charge is 2.41. The van der Waals surface area contributed by atoms with E-state index in [2.05, 4.69) is 50.9 Å². The third-order valence-corrected chi connectivity index (χ3v) is 7.08. The Morgan fingerprint density at radius 2 is 1.44 bits per heavy atom. The Hall–Kier alpha value is -3.13. The quantitative estimate of drug-likeness (QED) is 0.344. The molecule has 3 aromatic carbocycles. The molecule has 0 radical (unpaired) electrons. The van der Waals surface area contributed by atoms with Crippen LogP contribution >= 0.6 is 11.9 Å². The van der Waals surface area contributed by atoms with Crippen molar-refractivity contribution in [3.63, 3.8) is 0 Å². The highest BCUT2D eigenvalue weighted by atomic mass is 32.2. The molecule has 6 nitrogen and oxygen atoms in total. The molecule has 0 aromatic heterocycles. The van der Waals surface area contributed by atoms with Gasteiger partial charge in [0.1, 0.15) is 11.9 Å². The molecular formula is C25H24N4O2S. The van der Waals surface area contributed by atoms with Crippen LogP contribution in [0, 0.1) is 10.1 Å². The molecule has 0 saturated carbocycles. The molecule has 162 valence electrons. The van der Waals surface area contributed by atoms with Gasteiger partial charge in [-0.25, -0.2) is 0 Å². The van der Waals surface area contributed by atoms with Gasteiger partial charge in [-0.3, -0.25) is 19.3 Å². The Morgan fingerprint density at radius 3 is 2.09 bits per heavy atom. The molecule has 7 heteroatoms. The van der Waals surface area contributed by atoms with E-state index >= 15 is 0 Å². The molecule has 0 amide bonds. The molecule has 32 heavy (non-hydrogen) atoms. The Labute approximate surface area is 191 Å². The fraction of sp³-hybridized carbons (Fsp3) is 0.200. The van der Waals surface area contributed by atoms with Crippen LogP contribution in [0.1, 0.15) is 11.1 Å². The second kappa shape index (κ2) is 9.16. The molecule has 1 fully saturated rings. The molecule has 0 bridgehead atoms. The fourth-order valence-electron chi connectivity index (χ4n) is 4.37. The second-order valence-electron chi connectivity index (χ2n) is 7.80. The number of hydrogen-bond acceptors (Lipinski definition) is 6. The standard InChI is InChI=1S/C25H24N4O2S/c30-29(31)22-14-8-7-13-21(22)28-25(27-17-15-26-16-18-27)23(19-9-3-1-4-10-19)24(32-28)20-11-5-2-6-12-20/h1-14,25-26H,15-18H2. The van der Waals surface area contributed by atoms with Crippen molar-refractivity contribution in [1.29, 1.82) is 0 Å². The molecule has 2 aliphatic rings. The molecule has 2 heterocycles. The number of nitro groups is 1. The molecule has 0 spiro atoms. The molecule has 1 unspecified atom stereocenters. The molecule has 1 atom stereocenters. The number of nitrogens with one attached hydrogen (secondary N) is 1. The largest absolute Gasteiger partial charge is 0.314 e. The first-order valence-corrected chi connectivity index (χ1v) is 11.5. The van der Waals surface area contributed by atoms with E-state index in [1.54, 1.807) is 24.1 Å². The number of benzene rings is 3. The summed E-state index contributed by atoms with van der Waals surface area (Å²) >= 11 is 1.60. The van der Waals surface area contributed by atoms with Crippen LogP contribution in [0.25, 0.3) is 10.5 Å². The van der Waals surface area contributed by atoms with Crippen LogP contribution in [0.4, 0.5) is 11.4 Å². The Bertz CT molecular complexity index is 1130. The lowest BCUT2D eigenvalue weighted by Crippen LogP contribution is -2.52. The van der Waals surface area contributed by atoms with E-state index in [4.69, 9.17) is 0 Å². The van der Waals surface area contributed by atoms with E-state index in [0.717, 1.165) is 42.2 Å². The molecule has 1 saturated heterocycles. The first kappa shape index (κ1) is 20.8. The molecular weight excluding hydrogens is 420 g/mol. The van der Waals surface area contributed by atoms with Crippen molar-refractivity contribution in [2.45, 2.75) is 6.17 Å². The zero-order valence-electron chi connectivity index (χ0n) is 17.6. The second-order valence-corrected chi connectivity index (χ2v) is 8.78. The van der Waals surface area contributed by atoms with Crippen molar-refractivity contribution < 1.29 is 4.92 Å². The van der Waals surface area contributed by atoms with Gasteiger partial charge in [0.15, 0.2) is 0 Å². The van der Waals surface area contributed by atoms with Crippen LogP contribution in [0.2, 0.25) is 0 Å². The maximum Gasteiger partial charge on any atom is 0.293 e. The van der Waals surface area contributed by atoms with Crippen molar-refractivity contribution in [2.24, 2.45) is 0 Å². The number of nitro benzene ring substituents is 1. The highest BCUT2D eigenvalue weighted by molar-refractivity contribution is 8.10. The minimum absolute atomic E-state index is 0.110. The minimum atomic E-state index is -0.284. The van der Waals surface area contributed by atoms with Crippen molar-refractivity contribution in [1.82, 2.24) is 10.2 Å². The molecule has 3 aromatic rings. The smallest absolute Gasteiger partial charge is 0.293 e. The van der Waals surface area contributed by atoms with Gasteiger partial charge >= 0.3 is 0 Å². The van der Waals surface area contributed by atoms with E-state index in [-0.39, 0.29) is 16.8 Å². The summed E-state index contributed by atoms with van der Waals surface area (Å²) in [5.41, 5.74) is 4.22. The predicted molar refractivity (Wildman–Crippen MR) is 131 cm³/mol. The average molecular weight is 445 g/mol. The Balaban J connectivity index is 1.71. The van der Waals surface area contributed by atoms with Crippen molar-refractivity contribution >= 4 is 33.8 Å². The summed E-state index contributed by atoms with van der Waals surface area (Å²) in [6.45, 7) is 3.55. The first-order valence-electron chi connectivity index (χ1n) is 10.7. The van der Waals surface area contributed by atoms with Crippen molar-refractivity contribution in [3.05, 3.63) is 106 Å². The van der Waals surface area contributed by atoms with Gasteiger partial charge in [-0.2, -0.15) is 0 Å². The minimum Gasteiger partial charge on any atom is -0.314 e. The first-order chi connectivity index (χ1) is 15.7. The Kier molecular flexibility index (Phi) is 5.94. The molecule has 5 rings (SSSR count). The van der Waals surface area contributed by atoms with Gasteiger partial charge in [0.2, 0.25) is 0 Å². The molecule has 1 N–H and O–H groups in total. The van der Waals surface area contributed by atoms with Crippen molar-refractivity contribution in [3.8, 4) is 0 Å². The van der Waals surface area contributed by atoms with Crippen LogP contribution in [0.15, 0.2) is 84.9 Å². The van der Waals surface area contributed by atoms with Crippen LogP contribution < -0.4 is 9.62 Å². The van der Waals surface area contributed by atoms with Crippen LogP contribution in [0.3, 0.4) is 0 Å². The number of piperazine rings is 1. The summed E-state index contributed by atoms with van der Waals surface area (Å²) in [7, 11) is 0.